The number of nitrogens with zero attached hydrogens (tertiary/aromatic N) is 1. The summed E-state index contributed by atoms with van der Waals surface area (Å²) in [5.41, 5.74) is 2.92. The molecule has 2 aromatic carbocycles. The van der Waals surface area contributed by atoms with Gasteiger partial charge in [-0.15, -0.1) is 0 Å². The summed E-state index contributed by atoms with van der Waals surface area (Å²) in [6.45, 7) is 2.59. The van der Waals surface area contributed by atoms with Gasteiger partial charge in [0.25, 0.3) is 5.91 Å². The third-order valence-corrected chi connectivity index (χ3v) is 4.75. The highest BCUT2D eigenvalue weighted by molar-refractivity contribution is 5.93. The first-order chi connectivity index (χ1) is 12.8. The predicted octanol–water partition coefficient (Wildman–Crippen LogP) is 1.81. The molecule has 6 heteroatoms. The molecule has 0 saturated carbocycles. The van der Waals surface area contributed by atoms with Crippen LogP contribution in [0.5, 0.6) is 11.5 Å². The fourth-order valence-electron chi connectivity index (χ4n) is 2.77. The molecule has 1 unspecified atom stereocenters. The van der Waals surface area contributed by atoms with Crippen molar-refractivity contribution in [2.24, 2.45) is 0 Å². The van der Waals surface area contributed by atoms with E-state index >= 15 is 0 Å². The number of anilines is 2. The normalized spacial score (nSPS) is 12.8. The lowest BCUT2D eigenvalue weighted by Gasteiger charge is -2.22. The molecule has 0 bridgehead atoms. The molecule has 1 amide bonds. The molecule has 2 aromatic rings. The molecule has 0 fully saturated rings. The summed E-state index contributed by atoms with van der Waals surface area (Å²) >= 11 is 0. The number of carbonyl (C=O) groups excluding carboxylic acids is 1. The number of likely N-dealkylation sites (N-methyl/N-ethyl adjacent to an activating group) is 1. The highest BCUT2D eigenvalue weighted by atomic mass is 16.5. The predicted molar refractivity (Wildman–Crippen MR) is 109 cm³/mol. The summed E-state index contributed by atoms with van der Waals surface area (Å²) in [5.74, 6) is 1.50. The van der Waals surface area contributed by atoms with Gasteiger partial charge in [0.15, 0.2) is 6.04 Å². The lowest BCUT2D eigenvalue weighted by molar-refractivity contribution is -0.907. The van der Waals surface area contributed by atoms with Gasteiger partial charge in [-0.2, -0.15) is 0 Å². The second kappa shape index (κ2) is 9.28. The van der Waals surface area contributed by atoms with Gasteiger partial charge in [0, 0.05) is 37.1 Å². The van der Waals surface area contributed by atoms with E-state index in [1.165, 1.54) is 0 Å². The zero-order valence-electron chi connectivity index (χ0n) is 17.0. The molecule has 0 saturated heterocycles. The molecule has 0 aliphatic rings. The zero-order valence-corrected chi connectivity index (χ0v) is 17.0. The largest absolute Gasteiger partial charge is 0.497 e. The smallest absolute Gasteiger partial charge is 0.282 e. The summed E-state index contributed by atoms with van der Waals surface area (Å²) in [7, 11) is 9.25. The molecule has 0 aliphatic heterocycles. The van der Waals surface area contributed by atoms with Gasteiger partial charge in [0.05, 0.1) is 21.3 Å². The van der Waals surface area contributed by atoms with Gasteiger partial charge in [0.1, 0.15) is 18.0 Å². The Hall–Kier alpha value is -2.73. The molecule has 27 heavy (non-hydrogen) atoms. The first kappa shape index (κ1) is 20.6. The number of rotatable bonds is 8. The van der Waals surface area contributed by atoms with E-state index in [9.17, 15) is 4.79 Å². The van der Waals surface area contributed by atoms with E-state index in [2.05, 4.69) is 5.32 Å². The lowest BCUT2D eigenvalue weighted by atomic mass is 10.1. The minimum absolute atomic E-state index is 0.0161. The van der Waals surface area contributed by atoms with Crippen LogP contribution in [0.25, 0.3) is 0 Å². The molecule has 0 aliphatic carbocycles. The van der Waals surface area contributed by atoms with Crippen LogP contribution in [0.2, 0.25) is 0 Å². The van der Waals surface area contributed by atoms with Crippen LogP contribution >= 0.6 is 0 Å². The summed E-state index contributed by atoms with van der Waals surface area (Å²) in [5, 5.41) is 2.99. The van der Waals surface area contributed by atoms with Gasteiger partial charge in [-0.3, -0.25) is 4.79 Å². The first-order valence-electron chi connectivity index (χ1n) is 8.97. The number of quaternary nitrogens is 1. The van der Waals surface area contributed by atoms with Crippen molar-refractivity contribution >= 4 is 17.3 Å². The van der Waals surface area contributed by atoms with Crippen molar-refractivity contribution in [2.75, 3.05) is 45.6 Å². The maximum absolute atomic E-state index is 12.6. The maximum Gasteiger partial charge on any atom is 0.282 e. The zero-order chi connectivity index (χ0) is 20.0. The van der Waals surface area contributed by atoms with Gasteiger partial charge in [-0.05, 0) is 43.3 Å². The van der Waals surface area contributed by atoms with Crippen LogP contribution in [0.15, 0.2) is 42.5 Å². The van der Waals surface area contributed by atoms with E-state index in [1.54, 1.807) is 14.2 Å². The Bertz CT molecular complexity index is 760. The molecule has 0 aromatic heterocycles. The molecule has 2 rings (SSSR count). The van der Waals surface area contributed by atoms with E-state index in [4.69, 9.17) is 9.47 Å². The van der Waals surface area contributed by atoms with Crippen molar-refractivity contribution in [3.05, 3.63) is 48.0 Å². The van der Waals surface area contributed by atoms with Crippen molar-refractivity contribution in [1.29, 1.82) is 0 Å². The summed E-state index contributed by atoms with van der Waals surface area (Å²) in [6, 6.07) is 13.3. The highest BCUT2D eigenvalue weighted by Gasteiger charge is 2.23. The van der Waals surface area contributed by atoms with Crippen LogP contribution < -0.4 is 24.6 Å². The van der Waals surface area contributed by atoms with E-state index in [-0.39, 0.29) is 11.9 Å². The van der Waals surface area contributed by atoms with E-state index < -0.39 is 0 Å². The van der Waals surface area contributed by atoms with Crippen LogP contribution in [-0.2, 0) is 11.3 Å². The number of benzene rings is 2. The number of hydrogen-bond acceptors (Lipinski definition) is 4. The maximum atomic E-state index is 12.6. The van der Waals surface area contributed by atoms with Crippen LogP contribution in [0.4, 0.5) is 11.4 Å². The quantitative estimate of drug-likeness (QED) is 0.742. The fraction of sp³-hybridized carbons (Fsp3) is 0.381. The number of hydrogen-bond donors (Lipinski definition) is 2. The molecular weight excluding hydrogens is 342 g/mol. The monoisotopic (exact) mass is 372 g/mol. The Kier molecular flexibility index (Phi) is 7.07. The van der Waals surface area contributed by atoms with Gasteiger partial charge < -0.3 is 24.6 Å². The van der Waals surface area contributed by atoms with Crippen molar-refractivity contribution < 1.29 is 19.2 Å². The first-order valence-corrected chi connectivity index (χ1v) is 8.97. The van der Waals surface area contributed by atoms with Gasteiger partial charge in [-0.1, -0.05) is 0 Å². The third kappa shape index (κ3) is 5.37. The van der Waals surface area contributed by atoms with E-state index in [0.717, 1.165) is 33.3 Å². The van der Waals surface area contributed by atoms with Crippen molar-refractivity contribution in [2.45, 2.75) is 19.5 Å². The van der Waals surface area contributed by atoms with Gasteiger partial charge in [-0.25, -0.2) is 0 Å². The standard InChI is InChI=1S/C21H29N3O3/c1-15(21(25)22-17-8-10-18(11-9-17)23(2)3)24(4)14-16-7-12-19(26-5)13-20(16)27-6/h7-13,15H,14H2,1-6H3,(H,22,25)/p+1/t15-/m0/s1. The Morgan fingerprint density at radius 1 is 1.11 bits per heavy atom. The minimum Gasteiger partial charge on any atom is -0.497 e. The topological polar surface area (TPSA) is 55.2 Å². The Labute approximate surface area is 161 Å². The molecule has 0 spiro atoms. The number of ether oxygens (including phenoxy) is 2. The second-order valence-corrected chi connectivity index (χ2v) is 6.85. The second-order valence-electron chi connectivity index (χ2n) is 6.85. The fourth-order valence-corrected chi connectivity index (χ4v) is 2.77. The van der Waals surface area contributed by atoms with Crippen LogP contribution in [0, 0.1) is 0 Å². The Morgan fingerprint density at radius 3 is 2.33 bits per heavy atom. The highest BCUT2D eigenvalue weighted by Crippen LogP contribution is 2.24. The number of methoxy groups -OCH3 is 2. The number of nitrogens with one attached hydrogen (secondary N) is 2. The molecule has 2 N–H and O–H groups in total. The van der Waals surface area contributed by atoms with Crippen molar-refractivity contribution in [3.63, 3.8) is 0 Å². The summed E-state index contributed by atoms with van der Waals surface area (Å²) in [4.78, 5) is 15.7. The third-order valence-electron chi connectivity index (χ3n) is 4.75. The molecule has 0 radical (unpaired) electrons. The molecular formula is C21H30N3O3+. The van der Waals surface area contributed by atoms with Gasteiger partial charge >= 0.3 is 0 Å². The van der Waals surface area contributed by atoms with Gasteiger partial charge in [0.2, 0.25) is 0 Å². The molecule has 146 valence electrons. The van der Waals surface area contributed by atoms with Crippen LogP contribution in [0.3, 0.4) is 0 Å². The van der Waals surface area contributed by atoms with Crippen molar-refractivity contribution in [3.8, 4) is 11.5 Å². The molecule has 0 heterocycles. The average molecular weight is 372 g/mol. The Morgan fingerprint density at radius 2 is 1.78 bits per heavy atom. The van der Waals surface area contributed by atoms with Crippen molar-refractivity contribution in [1.82, 2.24) is 0 Å². The van der Waals surface area contributed by atoms with Crippen LogP contribution in [-0.4, -0.2) is 47.3 Å². The SMILES string of the molecule is COc1ccc(C[NH+](C)[C@@H](C)C(=O)Nc2ccc(N(C)C)cc2)c(OC)c1. The average Bonchev–Trinajstić information content (AvgIpc) is 2.67. The Balaban J connectivity index is 2.01. The summed E-state index contributed by atoms with van der Waals surface area (Å²) < 4.78 is 10.7. The lowest BCUT2D eigenvalue weighted by Crippen LogP contribution is -3.12. The summed E-state index contributed by atoms with van der Waals surface area (Å²) in [6.07, 6.45) is 0. The molecule has 2 atom stereocenters. The minimum atomic E-state index is -0.217. The number of carbonyl (C=O) groups is 1. The van der Waals surface area contributed by atoms with E-state index in [1.807, 2.05) is 75.4 Å². The molecule has 6 nitrogen and oxygen atoms in total. The number of amides is 1. The van der Waals surface area contributed by atoms with Crippen LogP contribution in [0.1, 0.15) is 12.5 Å². The van der Waals surface area contributed by atoms with E-state index in [0.29, 0.717) is 6.54 Å².